The topological polar surface area (TPSA) is 89.0 Å². The summed E-state index contributed by atoms with van der Waals surface area (Å²) < 4.78 is 25.4. The largest absolute Gasteiger partial charge is 0.493 e. The van der Waals surface area contributed by atoms with Crippen molar-refractivity contribution in [3.05, 3.63) is 56.9 Å². The molecule has 0 aliphatic heterocycles. The smallest absolute Gasteiger partial charge is 0.262 e. The summed E-state index contributed by atoms with van der Waals surface area (Å²) in [5.74, 6) is 1.26. The second-order valence-corrected chi connectivity index (χ2v) is 8.10. The number of terminal acetylenes is 1. The van der Waals surface area contributed by atoms with Gasteiger partial charge in [-0.2, -0.15) is 5.10 Å². The Kier molecular flexibility index (Phi) is 9.46. The molecule has 168 valence electrons. The fraction of sp³-hybridized carbons (Fsp3) is 0.261. The van der Waals surface area contributed by atoms with Crippen molar-refractivity contribution in [2.24, 2.45) is 11.0 Å². The van der Waals surface area contributed by atoms with E-state index in [0.717, 1.165) is 3.57 Å². The minimum absolute atomic E-state index is 0.102. The molecule has 7 nitrogen and oxygen atoms in total. The fourth-order valence-corrected chi connectivity index (χ4v) is 3.49. The number of ether oxygens (including phenoxy) is 2. The molecule has 0 radical (unpaired) electrons. The molecule has 2 rings (SSSR count). The van der Waals surface area contributed by atoms with Crippen LogP contribution in [0.3, 0.4) is 0 Å². The number of hydrogen-bond donors (Lipinski definition) is 2. The number of rotatable bonds is 9. The minimum Gasteiger partial charge on any atom is -0.493 e. The van der Waals surface area contributed by atoms with Crippen molar-refractivity contribution in [3.8, 4) is 23.8 Å². The van der Waals surface area contributed by atoms with Crippen molar-refractivity contribution in [2.45, 2.75) is 19.9 Å². The normalized spacial score (nSPS) is 11.7. The lowest BCUT2D eigenvalue weighted by Crippen LogP contribution is -2.48. The van der Waals surface area contributed by atoms with Crippen LogP contribution in [0.5, 0.6) is 11.5 Å². The first-order chi connectivity index (χ1) is 15.3. The molecule has 2 aromatic rings. The van der Waals surface area contributed by atoms with Crippen LogP contribution >= 0.6 is 22.6 Å². The third-order valence-corrected chi connectivity index (χ3v) is 5.10. The molecule has 9 heteroatoms. The number of amides is 2. The molecule has 1 atom stereocenters. The molecule has 0 spiro atoms. The van der Waals surface area contributed by atoms with Gasteiger partial charge in [0.25, 0.3) is 11.8 Å². The monoisotopic (exact) mass is 551 g/mol. The summed E-state index contributed by atoms with van der Waals surface area (Å²) in [6.45, 7) is 3.63. The Hall–Kier alpha value is -3.13. The molecular formula is C23H23FIN3O4. The second kappa shape index (κ2) is 12.0. The van der Waals surface area contributed by atoms with Gasteiger partial charge in [-0.1, -0.05) is 31.9 Å². The van der Waals surface area contributed by atoms with Gasteiger partial charge in [0.15, 0.2) is 11.5 Å². The number of nitrogens with one attached hydrogen (secondary N) is 2. The van der Waals surface area contributed by atoms with E-state index in [1.165, 1.54) is 31.5 Å². The average Bonchev–Trinajstić information content (AvgIpc) is 2.76. The number of halogens is 2. The van der Waals surface area contributed by atoms with Crippen molar-refractivity contribution in [3.63, 3.8) is 0 Å². The molecule has 0 saturated carbocycles. The highest BCUT2D eigenvalue weighted by molar-refractivity contribution is 14.1. The van der Waals surface area contributed by atoms with Crippen LogP contribution in [-0.4, -0.2) is 37.8 Å². The summed E-state index contributed by atoms with van der Waals surface area (Å²) in [5.41, 5.74) is 2.92. The van der Waals surface area contributed by atoms with Crippen molar-refractivity contribution in [1.82, 2.24) is 10.7 Å². The van der Waals surface area contributed by atoms with Gasteiger partial charge >= 0.3 is 0 Å². The van der Waals surface area contributed by atoms with E-state index in [4.69, 9.17) is 15.9 Å². The molecule has 0 bridgehead atoms. The number of hydrogen-bond acceptors (Lipinski definition) is 5. The zero-order valence-electron chi connectivity index (χ0n) is 17.8. The lowest BCUT2D eigenvalue weighted by Gasteiger charge is -2.20. The van der Waals surface area contributed by atoms with Crippen LogP contribution in [0.15, 0.2) is 41.5 Å². The van der Waals surface area contributed by atoms with E-state index in [2.05, 4.69) is 44.4 Å². The Labute approximate surface area is 199 Å². The molecule has 1 unspecified atom stereocenters. The number of methoxy groups -OCH3 is 1. The molecule has 2 aromatic carbocycles. The summed E-state index contributed by atoms with van der Waals surface area (Å²) in [6, 6.07) is 8.12. The van der Waals surface area contributed by atoms with E-state index in [1.807, 2.05) is 0 Å². The van der Waals surface area contributed by atoms with Crippen LogP contribution in [0.4, 0.5) is 4.39 Å². The lowest BCUT2D eigenvalue weighted by molar-refractivity contribution is -0.123. The van der Waals surface area contributed by atoms with E-state index >= 15 is 0 Å². The summed E-state index contributed by atoms with van der Waals surface area (Å²) in [5, 5.41) is 6.53. The fourth-order valence-electron chi connectivity index (χ4n) is 2.71. The summed E-state index contributed by atoms with van der Waals surface area (Å²) in [7, 11) is 1.50. The van der Waals surface area contributed by atoms with Gasteiger partial charge < -0.3 is 14.8 Å². The maximum absolute atomic E-state index is 13.9. The molecule has 0 aromatic heterocycles. The van der Waals surface area contributed by atoms with Gasteiger partial charge in [-0.15, -0.1) is 6.42 Å². The predicted octanol–water partition coefficient (Wildman–Crippen LogP) is 3.36. The lowest BCUT2D eigenvalue weighted by atomic mass is 10.0. The van der Waals surface area contributed by atoms with Crippen molar-refractivity contribution >= 4 is 40.6 Å². The highest BCUT2D eigenvalue weighted by atomic mass is 127. The van der Waals surface area contributed by atoms with Crippen LogP contribution in [-0.2, 0) is 4.79 Å². The quantitative estimate of drug-likeness (QED) is 0.217. The van der Waals surface area contributed by atoms with E-state index in [-0.39, 0.29) is 18.1 Å². The van der Waals surface area contributed by atoms with Gasteiger partial charge in [-0.3, -0.25) is 9.59 Å². The summed E-state index contributed by atoms with van der Waals surface area (Å²) >= 11 is 2.08. The zero-order chi connectivity index (χ0) is 23.7. The summed E-state index contributed by atoms with van der Waals surface area (Å²) in [6.07, 6.45) is 6.67. The highest BCUT2D eigenvalue weighted by Crippen LogP contribution is 2.33. The van der Waals surface area contributed by atoms with Crippen molar-refractivity contribution in [2.75, 3.05) is 13.7 Å². The standard InChI is InChI=1S/C23H23FIN3O4/c1-5-10-32-21-18(25)11-15(12-19(21)31-4)13-26-28-23(30)20(14(2)3)27-22(29)16-8-6-7-9-17(16)24/h1,6-9,11-14,20H,10H2,2-4H3,(H,27,29)(H,28,30). The molecule has 2 amide bonds. The van der Waals surface area contributed by atoms with Gasteiger partial charge in [0, 0.05) is 0 Å². The van der Waals surface area contributed by atoms with Crippen molar-refractivity contribution in [1.29, 1.82) is 0 Å². The highest BCUT2D eigenvalue weighted by Gasteiger charge is 2.25. The van der Waals surface area contributed by atoms with Gasteiger partial charge in [0.1, 0.15) is 18.5 Å². The van der Waals surface area contributed by atoms with Crippen LogP contribution in [0.1, 0.15) is 29.8 Å². The number of carbonyl (C=O) groups excluding carboxylic acids is 2. The molecule has 32 heavy (non-hydrogen) atoms. The molecular weight excluding hydrogens is 528 g/mol. The Morgan fingerprint density at radius 2 is 2.03 bits per heavy atom. The summed E-state index contributed by atoms with van der Waals surface area (Å²) in [4.78, 5) is 25.0. The van der Waals surface area contributed by atoms with Gasteiger partial charge in [-0.25, -0.2) is 9.82 Å². The van der Waals surface area contributed by atoms with Crippen LogP contribution < -0.4 is 20.2 Å². The molecule has 0 aliphatic carbocycles. The first kappa shape index (κ1) is 25.1. The first-order valence-electron chi connectivity index (χ1n) is 9.60. The predicted molar refractivity (Wildman–Crippen MR) is 128 cm³/mol. The van der Waals surface area contributed by atoms with Gasteiger partial charge in [0.05, 0.1) is 22.5 Å². The van der Waals surface area contributed by atoms with E-state index in [0.29, 0.717) is 17.1 Å². The van der Waals surface area contributed by atoms with Crippen molar-refractivity contribution < 1.29 is 23.5 Å². The molecule has 2 N–H and O–H groups in total. The third-order valence-electron chi connectivity index (χ3n) is 4.29. The van der Waals surface area contributed by atoms with E-state index in [9.17, 15) is 14.0 Å². The van der Waals surface area contributed by atoms with Crippen LogP contribution in [0.2, 0.25) is 0 Å². The van der Waals surface area contributed by atoms with Gasteiger partial charge in [0.2, 0.25) is 0 Å². The second-order valence-electron chi connectivity index (χ2n) is 6.94. The Balaban J connectivity index is 2.10. The SMILES string of the molecule is C#CCOc1c(I)cc(C=NNC(=O)C(NC(=O)c2ccccc2F)C(C)C)cc1OC. The van der Waals surface area contributed by atoms with Gasteiger partial charge in [-0.05, 0) is 58.3 Å². The first-order valence-corrected chi connectivity index (χ1v) is 10.7. The van der Waals surface area contributed by atoms with Crippen LogP contribution in [0.25, 0.3) is 0 Å². The molecule has 0 aliphatic rings. The molecule has 0 saturated heterocycles. The molecule has 0 heterocycles. The molecule has 0 fully saturated rings. The minimum atomic E-state index is -0.909. The Morgan fingerprint density at radius 1 is 1.31 bits per heavy atom. The maximum Gasteiger partial charge on any atom is 0.262 e. The zero-order valence-corrected chi connectivity index (χ0v) is 20.0. The number of benzene rings is 2. The third kappa shape index (κ3) is 6.68. The number of hydrazone groups is 1. The Bertz CT molecular complexity index is 1050. The Morgan fingerprint density at radius 3 is 2.66 bits per heavy atom. The average molecular weight is 551 g/mol. The van der Waals surface area contributed by atoms with E-state index in [1.54, 1.807) is 32.0 Å². The van der Waals surface area contributed by atoms with Crippen LogP contribution in [0, 0.1) is 27.6 Å². The number of nitrogens with zero attached hydrogens (tertiary/aromatic N) is 1. The van der Waals surface area contributed by atoms with E-state index < -0.39 is 23.7 Å². The number of carbonyl (C=O) groups is 2. The maximum atomic E-state index is 13.9.